The van der Waals surface area contributed by atoms with E-state index in [-0.39, 0.29) is 0 Å². The summed E-state index contributed by atoms with van der Waals surface area (Å²) >= 11 is 3.38. The quantitative estimate of drug-likeness (QED) is 0.800. The van der Waals surface area contributed by atoms with Gasteiger partial charge in [0.25, 0.3) is 6.47 Å². The monoisotopic (exact) mass is 308 g/mol. The molecule has 0 atom stereocenters. The molecule has 0 aliphatic rings. The summed E-state index contributed by atoms with van der Waals surface area (Å²) in [4.78, 5) is 9.18. The Labute approximate surface area is 114 Å². The van der Waals surface area contributed by atoms with Gasteiger partial charge in [-0.1, -0.05) is 22.0 Å². The van der Waals surface area contributed by atoms with Crippen LogP contribution in [0.3, 0.4) is 0 Å². The fraction of sp³-hybridized carbons (Fsp3) is 0.231. The number of aryl methyl sites for hydroxylation is 1. The molecule has 0 amide bonds. The maximum atomic E-state index is 9.18. The molecule has 0 aliphatic heterocycles. The van der Waals surface area contributed by atoms with Crippen LogP contribution in [0.4, 0.5) is 0 Å². The first-order valence-corrected chi connectivity index (χ1v) is 6.16. The highest BCUT2D eigenvalue weighted by Gasteiger charge is 2.04. The number of ether oxygens (including phenoxy) is 1. The Morgan fingerprint density at radius 3 is 2.72 bits per heavy atom. The van der Waals surface area contributed by atoms with Crippen molar-refractivity contribution in [2.75, 3.05) is 6.61 Å². The van der Waals surface area contributed by atoms with Crippen molar-refractivity contribution in [3.8, 4) is 6.19 Å². The largest absolute Gasteiger partial charge is 0.468 e. The lowest BCUT2D eigenvalue weighted by Gasteiger charge is -1.95. The van der Waals surface area contributed by atoms with Crippen molar-refractivity contribution in [1.29, 1.82) is 5.26 Å². The minimum atomic E-state index is 0.431. The molecule has 0 N–H and O–H groups in total. The number of benzene rings is 1. The van der Waals surface area contributed by atoms with Crippen LogP contribution in [0.5, 0.6) is 0 Å². The highest BCUT2D eigenvalue weighted by molar-refractivity contribution is 9.10. The average molecular weight is 309 g/mol. The zero-order chi connectivity index (χ0) is 13.5. The zero-order valence-corrected chi connectivity index (χ0v) is 11.8. The number of nitrogens with zero attached hydrogens (tertiary/aromatic N) is 2. The minimum absolute atomic E-state index is 0.431. The first kappa shape index (κ1) is 14.3. The normalized spacial score (nSPS) is 9.22. The van der Waals surface area contributed by atoms with Crippen molar-refractivity contribution < 1.29 is 9.53 Å². The Morgan fingerprint density at radius 1 is 1.50 bits per heavy atom. The van der Waals surface area contributed by atoms with Gasteiger partial charge < -0.3 is 4.74 Å². The van der Waals surface area contributed by atoms with Crippen LogP contribution in [0.2, 0.25) is 0 Å². The number of hydrogen-bond donors (Lipinski definition) is 0. The number of rotatable bonds is 2. The Balaban J connectivity index is 0.000000280. The van der Waals surface area contributed by atoms with Crippen molar-refractivity contribution in [3.05, 3.63) is 34.4 Å². The van der Waals surface area contributed by atoms with E-state index in [1.807, 2.05) is 31.2 Å². The van der Waals surface area contributed by atoms with Crippen LogP contribution in [0.15, 0.2) is 28.7 Å². The predicted molar refractivity (Wildman–Crippen MR) is 73.1 cm³/mol. The van der Waals surface area contributed by atoms with E-state index in [9.17, 15) is 4.79 Å². The van der Waals surface area contributed by atoms with E-state index < -0.39 is 0 Å². The van der Waals surface area contributed by atoms with E-state index >= 15 is 0 Å². The SMILES string of the molecule is CCOC=O.Cc1cc2ccc(Br)cc2n1C#N. The molecule has 0 saturated heterocycles. The number of nitriles is 1. The highest BCUT2D eigenvalue weighted by atomic mass is 79.9. The van der Waals surface area contributed by atoms with Gasteiger partial charge in [0, 0.05) is 15.6 Å². The number of carbonyl (C=O) groups is 1. The van der Waals surface area contributed by atoms with Gasteiger partial charge in [-0.25, -0.2) is 0 Å². The second-order valence-corrected chi connectivity index (χ2v) is 4.39. The van der Waals surface area contributed by atoms with E-state index in [2.05, 4.69) is 26.9 Å². The first-order chi connectivity index (χ1) is 8.63. The average Bonchev–Trinajstić information content (AvgIpc) is 2.66. The Morgan fingerprint density at radius 2 is 2.22 bits per heavy atom. The van der Waals surface area contributed by atoms with Crippen LogP contribution < -0.4 is 0 Å². The van der Waals surface area contributed by atoms with Gasteiger partial charge in [-0.3, -0.25) is 9.36 Å². The number of fused-ring (bicyclic) bond motifs is 1. The van der Waals surface area contributed by atoms with Crippen molar-refractivity contribution in [2.45, 2.75) is 13.8 Å². The van der Waals surface area contributed by atoms with Gasteiger partial charge in [-0.2, -0.15) is 5.26 Å². The Kier molecular flexibility index (Phi) is 5.40. The first-order valence-electron chi connectivity index (χ1n) is 5.37. The molecule has 2 aromatic rings. The van der Waals surface area contributed by atoms with Crippen LogP contribution in [-0.4, -0.2) is 17.6 Å². The molecular weight excluding hydrogens is 296 g/mol. The molecule has 1 aromatic carbocycles. The van der Waals surface area contributed by atoms with Crippen molar-refractivity contribution in [1.82, 2.24) is 4.57 Å². The van der Waals surface area contributed by atoms with Gasteiger partial charge in [0.1, 0.15) is 0 Å². The summed E-state index contributed by atoms with van der Waals surface area (Å²) in [5.41, 5.74) is 1.92. The summed E-state index contributed by atoms with van der Waals surface area (Å²) < 4.78 is 6.77. The van der Waals surface area contributed by atoms with E-state index in [4.69, 9.17) is 5.26 Å². The van der Waals surface area contributed by atoms with Gasteiger partial charge in [-0.15, -0.1) is 0 Å². The molecule has 0 aliphatic carbocycles. The van der Waals surface area contributed by atoms with E-state index in [0.29, 0.717) is 13.1 Å². The lowest BCUT2D eigenvalue weighted by Crippen LogP contribution is -1.88. The third kappa shape index (κ3) is 3.34. The molecule has 1 heterocycles. The molecule has 0 radical (unpaired) electrons. The summed E-state index contributed by atoms with van der Waals surface area (Å²) in [6.45, 7) is 4.59. The van der Waals surface area contributed by atoms with Crippen molar-refractivity contribution >= 4 is 33.3 Å². The molecule has 4 nitrogen and oxygen atoms in total. The van der Waals surface area contributed by atoms with Gasteiger partial charge >= 0.3 is 0 Å². The van der Waals surface area contributed by atoms with Gasteiger partial charge in [0.15, 0.2) is 6.19 Å². The van der Waals surface area contributed by atoms with Crippen LogP contribution in [0, 0.1) is 18.4 Å². The van der Waals surface area contributed by atoms with Crippen LogP contribution in [0.1, 0.15) is 12.6 Å². The Hall–Kier alpha value is -1.80. The molecule has 0 fully saturated rings. The summed E-state index contributed by atoms with van der Waals surface area (Å²) in [6, 6.07) is 7.93. The van der Waals surface area contributed by atoms with Crippen LogP contribution in [0.25, 0.3) is 10.9 Å². The molecule has 5 heteroatoms. The molecule has 0 bridgehead atoms. The molecule has 0 spiro atoms. The number of hydrogen-bond acceptors (Lipinski definition) is 3. The predicted octanol–water partition coefficient (Wildman–Crippen LogP) is 3.22. The molecule has 94 valence electrons. The lowest BCUT2D eigenvalue weighted by molar-refractivity contribution is -0.128. The zero-order valence-electron chi connectivity index (χ0n) is 10.2. The minimum Gasteiger partial charge on any atom is -0.468 e. The van der Waals surface area contributed by atoms with Gasteiger partial charge in [0.05, 0.1) is 12.1 Å². The maximum absolute atomic E-state index is 9.18. The van der Waals surface area contributed by atoms with Crippen LogP contribution >= 0.6 is 15.9 Å². The number of carbonyl (C=O) groups excluding carboxylic acids is 1. The van der Waals surface area contributed by atoms with E-state index in [0.717, 1.165) is 21.1 Å². The fourth-order valence-corrected chi connectivity index (χ4v) is 1.86. The van der Waals surface area contributed by atoms with Gasteiger partial charge in [0.2, 0.25) is 0 Å². The van der Waals surface area contributed by atoms with Gasteiger partial charge in [-0.05, 0) is 32.0 Å². The number of aromatic nitrogens is 1. The molecule has 0 saturated carbocycles. The molecule has 0 unspecified atom stereocenters. The standard InChI is InChI=1S/C10H7BrN2.C3H6O2/c1-7-4-8-2-3-9(11)5-10(8)13(7)6-12;1-2-5-3-4/h2-5H,1H3;3H,2H2,1H3. The summed E-state index contributed by atoms with van der Waals surface area (Å²) in [6.07, 6.45) is 2.14. The maximum Gasteiger partial charge on any atom is 0.293 e. The van der Waals surface area contributed by atoms with E-state index in [1.54, 1.807) is 11.5 Å². The lowest BCUT2D eigenvalue weighted by atomic mass is 10.2. The topological polar surface area (TPSA) is 55.0 Å². The molecular formula is C13H13BrN2O2. The third-order valence-corrected chi connectivity index (χ3v) is 2.78. The molecule has 2 rings (SSSR count). The Bertz CT molecular complexity index is 584. The van der Waals surface area contributed by atoms with Crippen LogP contribution in [-0.2, 0) is 9.53 Å². The molecule has 1 aromatic heterocycles. The van der Waals surface area contributed by atoms with E-state index in [1.165, 1.54) is 0 Å². The second-order valence-electron chi connectivity index (χ2n) is 3.48. The smallest absolute Gasteiger partial charge is 0.293 e. The number of halogens is 1. The summed E-state index contributed by atoms with van der Waals surface area (Å²) in [5.74, 6) is 0. The molecule has 18 heavy (non-hydrogen) atoms. The third-order valence-electron chi connectivity index (χ3n) is 2.29. The highest BCUT2D eigenvalue weighted by Crippen LogP contribution is 2.22. The summed E-state index contributed by atoms with van der Waals surface area (Å²) in [5, 5.41) is 9.99. The fourth-order valence-electron chi connectivity index (χ4n) is 1.51. The second kappa shape index (κ2) is 6.82. The van der Waals surface area contributed by atoms with Crippen molar-refractivity contribution in [2.24, 2.45) is 0 Å². The van der Waals surface area contributed by atoms with Crippen molar-refractivity contribution in [3.63, 3.8) is 0 Å². The summed E-state index contributed by atoms with van der Waals surface area (Å²) in [7, 11) is 0.